The molecule has 0 amide bonds. The summed E-state index contributed by atoms with van der Waals surface area (Å²) < 4.78 is 5.48. The minimum absolute atomic E-state index is 0.00176. The number of nitrogens with one attached hydrogen (secondary N) is 1. The molecule has 5 nitrogen and oxygen atoms in total. The van der Waals surface area contributed by atoms with E-state index in [1.807, 2.05) is 6.07 Å². The summed E-state index contributed by atoms with van der Waals surface area (Å²) in [5.74, 6) is 0.00176. The predicted molar refractivity (Wildman–Crippen MR) is 62.9 cm³/mol. The standard InChI is InChI=1S/C11H16N4O/c1-8-7-15(4-5-16-8)9-2-3-10(11(12)13)14-6-9/h2-3,6,8H,4-5,7H2,1H3,(H3,12,13). The average molecular weight is 220 g/mol. The molecule has 1 aliphatic rings. The van der Waals surface area contributed by atoms with Crippen LogP contribution >= 0.6 is 0 Å². The van der Waals surface area contributed by atoms with Gasteiger partial charge in [0.2, 0.25) is 0 Å². The van der Waals surface area contributed by atoms with Crippen molar-refractivity contribution >= 4 is 11.5 Å². The Kier molecular flexibility index (Phi) is 3.05. The summed E-state index contributed by atoms with van der Waals surface area (Å²) in [5.41, 5.74) is 6.93. The molecule has 2 heterocycles. The third kappa shape index (κ3) is 2.30. The van der Waals surface area contributed by atoms with E-state index < -0.39 is 0 Å². The summed E-state index contributed by atoms with van der Waals surface area (Å²) in [6.45, 7) is 4.56. The second-order valence-corrected chi connectivity index (χ2v) is 3.94. The van der Waals surface area contributed by atoms with Crippen molar-refractivity contribution in [3.05, 3.63) is 24.0 Å². The van der Waals surface area contributed by atoms with Crippen LogP contribution in [-0.4, -0.2) is 36.6 Å². The van der Waals surface area contributed by atoms with Crippen LogP contribution in [0.15, 0.2) is 18.3 Å². The lowest BCUT2D eigenvalue weighted by atomic mass is 10.2. The Morgan fingerprint density at radius 3 is 3.00 bits per heavy atom. The van der Waals surface area contributed by atoms with Crippen molar-refractivity contribution in [1.82, 2.24) is 4.98 Å². The molecule has 5 heteroatoms. The number of anilines is 1. The highest BCUT2D eigenvalue weighted by Crippen LogP contribution is 2.16. The van der Waals surface area contributed by atoms with E-state index >= 15 is 0 Å². The first-order valence-electron chi connectivity index (χ1n) is 5.34. The Labute approximate surface area is 94.7 Å². The Bertz CT molecular complexity index is 376. The quantitative estimate of drug-likeness (QED) is 0.565. The smallest absolute Gasteiger partial charge is 0.141 e. The van der Waals surface area contributed by atoms with Gasteiger partial charge in [0.1, 0.15) is 11.5 Å². The zero-order chi connectivity index (χ0) is 11.5. The van der Waals surface area contributed by atoms with Gasteiger partial charge in [0.25, 0.3) is 0 Å². The van der Waals surface area contributed by atoms with Crippen molar-refractivity contribution in [3.63, 3.8) is 0 Å². The first-order chi connectivity index (χ1) is 7.66. The number of hydrogen-bond acceptors (Lipinski definition) is 4. The Morgan fingerprint density at radius 2 is 2.44 bits per heavy atom. The molecule has 1 saturated heterocycles. The fourth-order valence-corrected chi connectivity index (χ4v) is 1.79. The van der Waals surface area contributed by atoms with Gasteiger partial charge in [-0.1, -0.05) is 0 Å². The molecule has 0 aromatic carbocycles. The maximum Gasteiger partial charge on any atom is 0.141 e. The average Bonchev–Trinajstić information content (AvgIpc) is 2.29. The summed E-state index contributed by atoms with van der Waals surface area (Å²) >= 11 is 0. The van der Waals surface area contributed by atoms with Gasteiger partial charge in [0.05, 0.1) is 24.6 Å². The minimum atomic E-state index is 0.00176. The van der Waals surface area contributed by atoms with Gasteiger partial charge in [0, 0.05) is 13.1 Å². The van der Waals surface area contributed by atoms with Gasteiger partial charge < -0.3 is 15.4 Å². The van der Waals surface area contributed by atoms with Crippen molar-refractivity contribution in [2.45, 2.75) is 13.0 Å². The summed E-state index contributed by atoms with van der Waals surface area (Å²) in [6.07, 6.45) is 2.01. The molecule has 86 valence electrons. The number of ether oxygens (including phenoxy) is 1. The van der Waals surface area contributed by atoms with Gasteiger partial charge in [-0.3, -0.25) is 10.4 Å². The molecule has 1 fully saturated rings. The topological polar surface area (TPSA) is 75.2 Å². The van der Waals surface area contributed by atoms with Crippen molar-refractivity contribution in [3.8, 4) is 0 Å². The second-order valence-electron chi connectivity index (χ2n) is 3.94. The van der Waals surface area contributed by atoms with Crippen LogP contribution in [0.2, 0.25) is 0 Å². The molecule has 1 aromatic rings. The SMILES string of the molecule is CC1CN(c2ccc(C(=N)N)nc2)CCO1. The molecule has 0 bridgehead atoms. The molecule has 0 aliphatic carbocycles. The van der Waals surface area contributed by atoms with Crippen LogP contribution in [-0.2, 0) is 4.74 Å². The third-order valence-corrected chi connectivity index (χ3v) is 2.63. The normalized spacial score (nSPS) is 20.8. The lowest BCUT2D eigenvalue weighted by Crippen LogP contribution is -2.41. The van der Waals surface area contributed by atoms with Crippen LogP contribution in [0, 0.1) is 5.41 Å². The zero-order valence-corrected chi connectivity index (χ0v) is 9.31. The van der Waals surface area contributed by atoms with E-state index in [2.05, 4.69) is 16.8 Å². The molecule has 0 radical (unpaired) electrons. The maximum absolute atomic E-state index is 7.26. The molecule has 1 unspecified atom stereocenters. The number of morpholine rings is 1. The largest absolute Gasteiger partial charge is 0.382 e. The van der Waals surface area contributed by atoms with E-state index in [-0.39, 0.29) is 11.9 Å². The van der Waals surface area contributed by atoms with E-state index in [1.54, 1.807) is 12.3 Å². The van der Waals surface area contributed by atoms with Gasteiger partial charge >= 0.3 is 0 Å². The number of pyridine rings is 1. The molecule has 16 heavy (non-hydrogen) atoms. The number of rotatable bonds is 2. The number of aromatic nitrogens is 1. The van der Waals surface area contributed by atoms with Crippen LogP contribution in [0.25, 0.3) is 0 Å². The highest BCUT2D eigenvalue weighted by atomic mass is 16.5. The predicted octanol–water partition coefficient (Wildman–Crippen LogP) is 0.591. The minimum Gasteiger partial charge on any atom is -0.382 e. The van der Waals surface area contributed by atoms with E-state index in [4.69, 9.17) is 15.9 Å². The van der Waals surface area contributed by atoms with Crippen molar-refractivity contribution < 1.29 is 4.74 Å². The molecule has 0 saturated carbocycles. The Balaban J connectivity index is 2.11. The van der Waals surface area contributed by atoms with Gasteiger partial charge in [-0.2, -0.15) is 0 Å². The number of hydrogen-bond donors (Lipinski definition) is 2. The summed E-state index contributed by atoms with van der Waals surface area (Å²) in [6, 6.07) is 3.72. The first-order valence-corrected chi connectivity index (χ1v) is 5.34. The lowest BCUT2D eigenvalue weighted by Gasteiger charge is -2.32. The maximum atomic E-state index is 7.26. The summed E-state index contributed by atoms with van der Waals surface area (Å²) in [4.78, 5) is 6.37. The van der Waals surface area contributed by atoms with E-state index in [0.717, 1.165) is 25.4 Å². The molecular formula is C11H16N4O. The van der Waals surface area contributed by atoms with Crippen molar-refractivity contribution in [1.29, 1.82) is 5.41 Å². The third-order valence-electron chi connectivity index (χ3n) is 2.63. The van der Waals surface area contributed by atoms with E-state index in [0.29, 0.717) is 5.69 Å². The van der Waals surface area contributed by atoms with Crippen LogP contribution in [0.5, 0.6) is 0 Å². The molecule has 3 N–H and O–H groups in total. The van der Waals surface area contributed by atoms with Crippen LogP contribution in [0.1, 0.15) is 12.6 Å². The molecule has 1 atom stereocenters. The molecule has 2 rings (SSSR count). The van der Waals surface area contributed by atoms with E-state index in [9.17, 15) is 0 Å². The van der Waals surface area contributed by atoms with Gasteiger partial charge in [-0.05, 0) is 19.1 Å². The second kappa shape index (κ2) is 4.49. The van der Waals surface area contributed by atoms with Crippen molar-refractivity contribution in [2.75, 3.05) is 24.6 Å². The number of nitrogens with zero attached hydrogens (tertiary/aromatic N) is 2. The molecule has 1 aromatic heterocycles. The van der Waals surface area contributed by atoms with Gasteiger partial charge in [-0.25, -0.2) is 0 Å². The summed E-state index contributed by atoms with van der Waals surface area (Å²) in [5, 5.41) is 7.26. The first kappa shape index (κ1) is 10.9. The highest BCUT2D eigenvalue weighted by molar-refractivity contribution is 5.93. The zero-order valence-electron chi connectivity index (χ0n) is 9.31. The Morgan fingerprint density at radius 1 is 1.62 bits per heavy atom. The van der Waals surface area contributed by atoms with Crippen LogP contribution in [0.4, 0.5) is 5.69 Å². The molecule has 0 spiro atoms. The van der Waals surface area contributed by atoms with E-state index in [1.165, 1.54) is 0 Å². The Hall–Kier alpha value is -1.62. The lowest BCUT2D eigenvalue weighted by molar-refractivity contribution is 0.0532. The summed E-state index contributed by atoms with van der Waals surface area (Å²) in [7, 11) is 0. The van der Waals surface area contributed by atoms with Gasteiger partial charge in [-0.15, -0.1) is 0 Å². The molecular weight excluding hydrogens is 204 g/mol. The fourth-order valence-electron chi connectivity index (χ4n) is 1.79. The van der Waals surface area contributed by atoms with Crippen LogP contribution in [0.3, 0.4) is 0 Å². The monoisotopic (exact) mass is 220 g/mol. The molecule has 1 aliphatic heterocycles. The number of nitrogens with two attached hydrogens (primary N) is 1. The fraction of sp³-hybridized carbons (Fsp3) is 0.455. The number of amidine groups is 1. The van der Waals surface area contributed by atoms with Crippen molar-refractivity contribution in [2.24, 2.45) is 5.73 Å². The van der Waals surface area contributed by atoms with Gasteiger partial charge in [0.15, 0.2) is 0 Å². The highest BCUT2D eigenvalue weighted by Gasteiger charge is 2.17. The number of nitrogen functional groups attached to an aromatic ring is 1. The van der Waals surface area contributed by atoms with Crippen LogP contribution < -0.4 is 10.6 Å².